The van der Waals surface area contributed by atoms with E-state index < -0.39 is 4.92 Å². The third kappa shape index (κ3) is 3.43. The number of aliphatic imine (C=N–C) groups is 1. The maximum Gasteiger partial charge on any atom is 0.284 e. The second-order valence-corrected chi connectivity index (χ2v) is 5.42. The van der Waals surface area contributed by atoms with Crippen molar-refractivity contribution in [3.8, 4) is 0 Å². The van der Waals surface area contributed by atoms with Gasteiger partial charge in [-0.25, -0.2) is 0 Å². The zero-order chi connectivity index (χ0) is 14.7. The van der Waals surface area contributed by atoms with Gasteiger partial charge in [-0.15, -0.1) is 0 Å². The fraction of sp³-hybridized carbons (Fsp3) is 0.0714. The van der Waals surface area contributed by atoms with Crippen molar-refractivity contribution in [2.75, 3.05) is 0 Å². The lowest BCUT2D eigenvalue weighted by Crippen LogP contribution is -1.91. The first-order valence-electron chi connectivity index (χ1n) is 5.71. The van der Waals surface area contributed by atoms with Crippen molar-refractivity contribution in [3.05, 3.63) is 67.1 Å². The summed E-state index contributed by atoms with van der Waals surface area (Å²) in [4.78, 5) is 14.7. The molecule has 0 aliphatic rings. The van der Waals surface area contributed by atoms with E-state index in [-0.39, 0.29) is 5.69 Å². The lowest BCUT2D eigenvalue weighted by molar-refractivity contribution is -0.385. The molecule has 20 heavy (non-hydrogen) atoms. The van der Waals surface area contributed by atoms with Gasteiger partial charge in [-0.2, -0.15) is 0 Å². The summed E-state index contributed by atoms with van der Waals surface area (Å²) in [7, 11) is 0. The minimum atomic E-state index is -0.440. The van der Waals surface area contributed by atoms with Crippen molar-refractivity contribution >= 4 is 45.1 Å². The highest BCUT2D eigenvalue weighted by Crippen LogP contribution is 2.26. The van der Waals surface area contributed by atoms with Crippen molar-refractivity contribution in [2.24, 2.45) is 4.99 Å². The first kappa shape index (κ1) is 14.7. The zero-order valence-corrected chi connectivity index (χ0v) is 12.9. The fourth-order valence-electron chi connectivity index (χ4n) is 1.56. The van der Waals surface area contributed by atoms with Crippen LogP contribution >= 0.6 is 27.5 Å². The predicted octanol–water partition coefficient (Wildman–Crippen LogP) is 5.07. The average molecular weight is 354 g/mol. The van der Waals surface area contributed by atoms with Crippen molar-refractivity contribution < 1.29 is 4.92 Å². The molecule has 0 bridgehead atoms. The lowest BCUT2D eigenvalue weighted by Gasteiger charge is -1.99. The molecule has 0 heterocycles. The maximum absolute atomic E-state index is 10.8. The summed E-state index contributed by atoms with van der Waals surface area (Å²) in [5.41, 5.74) is 2.34. The molecule has 6 heteroatoms. The highest BCUT2D eigenvalue weighted by molar-refractivity contribution is 9.10. The van der Waals surface area contributed by atoms with Crippen LogP contribution < -0.4 is 0 Å². The van der Waals surface area contributed by atoms with Gasteiger partial charge < -0.3 is 0 Å². The quantitative estimate of drug-likeness (QED) is 0.439. The van der Waals surface area contributed by atoms with Gasteiger partial charge in [-0.05, 0) is 52.2 Å². The number of aryl methyl sites for hydroxylation is 1. The molecule has 0 amide bonds. The molecule has 0 saturated carbocycles. The molecule has 0 atom stereocenters. The molecule has 0 aliphatic carbocycles. The highest BCUT2D eigenvalue weighted by atomic mass is 79.9. The lowest BCUT2D eigenvalue weighted by atomic mass is 10.2. The first-order valence-corrected chi connectivity index (χ1v) is 6.88. The summed E-state index contributed by atoms with van der Waals surface area (Å²) < 4.78 is 0.443. The van der Waals surface area contributed by atoms with Gasteiger partial charge in [0, 0.05) is 17.3 Å². The summed E-state index contributed by atoms with van der Waals surface area (Å²) in [5, 5.41) is 11.5. The van der Waals surface area contributed by atoms with Crippen molar-refractivity contribution in [2.45, 2.75) is 6.92 Å². The van der Waals surface area contributed by atoms with Gasteiger partial charge in [0.05, 0.1) is 15.1 Å². The Hall–Kier alpha value is -1.72. The first-order chi connectivity index (χ1) is 9.47. The van der Waals surface area contributed by atoms with E-state index in [1.54, 1.807) is 24.4 Å². The topological polar surface area (TPSA) is 55.5 Å². The molecule has 0 aromatic heterocycles. The molecule has 102 valence electrons. The minimum absolute atomic E-state index is 0.0101. The molecule has 0 radical (unpaired) electrons. The van der Waals surface area contributed by atoms with Gasteiger partial charge >= 0.3 is 0 Å². The smallest absolute Gasteiger partial charge is 0.258 e. The van der Waals surface area contributed by atoms with Crippen LogP contribution in [0.4, 0.5) is 11.4 Å². The summed E-state index contributed by atoms with van der Waals surface area (Å²) in [5.74, 6) is 0. The molecular formula is C14H10BrClN2O2. The second-order valence-electron chi connectivity index (χ2n) is 4.16. The average Bonchev–Trinajstić information content (AvgIpc) is 2.41. The van der Waals surface area contributed by atoms with E-state index in [1.807, 2.05) is 19.1 Å². The zero-order valence-electron chi connectivity index (χ0n) is 10.5. The Kier molecular flexibility index (Phi) is 4.52. The van der Waals surface area contributed by atoms with E-state index in [4.69, 9.17) is 11.6 Å². The van der Waals surface area contributed by atoms with Crippen molar-refractivity contribution in [1.82, 2.24) is 0 Å². The standard InChI is InChI=1S/C14H10BrClN2O2/c1-9-2-4-11(7-13(9)16)17-8-10-3-5-12(15)14(6-10)18(19)20/h2-8H,1H3. The summed E-state index contributed by atoms with van der Waals surface area (Å²) in [6.45, 7) is 1.91. The Bertz CT molecular complexity index is 702. The number of hydrogen-bond donors (Lipinski definition) is 0. The molecule has 4 nitrogen and oxygen atoms in total. The van der Waals surface area contributed by atoms with Crippen LogP contribution in [0.15, 0.2) is 45.9 Å². The summed E-state index contributed by atoms with van der Waals surface area (Å²) in [6.07, 6.45) is 1.57. The molecule has 0 saturated heterocycles. The van der Waals surface area contributed by atoms with Gasteiger partial charge in [0.1, 0.15) is 0 Å². The van der Waals surface area contributed by atoms with E-state index in [1.165, 1.54) is 6.07 Å². The van der Waals surface area contributed by atoms with Crippen LogP contribution in [0.25, 0.3) is 0 Å². The number of nitrogens with zero attached hydrogens (tertiary/aromatic N) is 2. The Labute approximate surface area is 129 Å². The Morgan fingerprint density at radius 2 is 2.05 bits per heavy atom. The van der Waals surface area contributed by atoms with Crippen LogP contribution in [0.5, 0.6) is 0 Å². The molecule has 0 unspecified atom stereocenters. The van der Waals surface area contributed by atoms with Crippen LogP contribution in [0.2, 0.25) is 5.02 Å². The predicted molar refractivity (Wildman–Crippen MR) is 84.2 cm³/mol. The van der Waals surface area contributed by atoms with Gasteiger partial charge in [0.25, 0.3) is 5.69 Å². The monoisotopic (exact) mass is 352 g/mol. The van der Waals surface area contributed by atoms with E-state index in [2.05, 4.69) is 20.9 Å². The van der Waals surface area contributed by atoms with E-state index >= 15 is 0 Å². The highest BCUT2D eigenvalue weighted by Gasteiger charge is 2.11. The maximum atomic E-state index is 10.8. The number of nitro benzene ring substituents is 1. The van der Waals surface area contributed by atoms with Gasteiger partial charge in [0.2, 0.25) is 0 Å². The Morgan fingerprint density at radius 1 is 1.30 bits per heavy atom. The Morgan fingerprint density at radius 3 is 2.70 bits per heavy atom. The molecule has 0 spiro atoms. The molecule has 0 fully saturated rings. The summed E-state index contributed by atoms with van der Waals surface area (Å²) >= 11 is 9.15. The van der Waals surface area contributed by atoms with Crippen LogP contribution in [0, 0.1) is 17.0 Å². The van der Waals surface area contributed by atoms with Crippen LogP contribution in [-0.2, 0) is 0 Å². The molecule has 2 aromatic rings. The van der Waals surface area contributed by atoms with Crippen molar-refractivity contribution in [1.29, 1.82) is 0 Å². The Balaban J connectivity index is 2.29. The molecule has 0 N–H and O–H groups in total. The number of benzene rings is 2. The second kappa shape index (κ2) is 6.15. The normalized spacial score (nSPS) is 10.9. The van der Waals surface area contributed by atoms with Crippen molar-refractivity contribution in [3.63, 3.8) is 0 Å². The number of nitro groups is 1. The van der Waals surface area contributed by atoms with Crippen LogP contribution in [0.3, 0.4) is 0 Å². The SMILES string of the molecule is Cc1ccc(N=Cc2ccc(Br)c([N+](=O)[O-])c2)cc1Cl. The van der Waals surface area contributed by atoms with Gasteiger partial charge in [-0.1, -0.05) is 23.7 Å². The van der Waals surface area contributed by atoms with E-state index in [0.29, 0.717) is 20.7 Å². The number of halogens is 2. The molecule has 0 aliphatic heterocycles. The molecular weight excluding hydrogens is 344 g/mol. The van der Waals surface area contributed by atoms with Gasteiger partial charge in [-0.3, -0.25) is 15.1 Å². The van der Waals surface area contributed by atoms with E-state index in [9.17, 15) is 10.1 Å². The minimum Gasteiger partial charge on any atom is -0.258 e. The van der Waals surface area contributed by atoms with Gasteiger partial charge in [0.15, 0.2) is 0 Å². The summed E-state index contributed by atoms with van der Waals surface area (Å²) in [6, 6.07) is 10.3. The number of rotatable bonds is 3. The largest absolute Gasteiger partial charge is 0.284 e. The third-order valence-corrected chi connectivity index (χ3v) is 3.76. The fourth-order valence-corrected chi connectivity index (χ4v) is 2.13. The molecule has 2 aromatic carbocycles. The molecule has 2 rings (SSSR count). The van der Waals surface area contributed by atoms with E-state index in [0.717, 1.165) is 5.56 Å². The third-order valence-electron chi connectivity index (χ3n) is 2.68. The van der Waals surface area contributed by atoms with Crippen LogP contribution in [-0.4, -0.2) is 11.1 Å². The number of hydrogen-bond acceptors (Lipinski definition) is 3. The van der Waals surface area contributed by atoms with Crippen LogP contribution in [0.1, 0.15) is 11.1 Å².